The standard InChI is InChI=1S/C15H20F2N2O/c1-10-4-5-19(13(6-10)9-18)15(20)8-11-7-12(16)2-3-14(11)17/h2-3,7,10,13H,4-6,8-9,18H2,1H3. The number of nitrogens with two attached hydrogens (primary N) is 1. The van der Waals surface area contributed by atoms with Crippen molar-refractivity contribution in [1.82, 2.24) is 4.90 Å². The van der Waals surface area contributed by atoms with Crippen molar-refractivity contribution in [2.75, 3.05) is 13.1 Å². The fourth-order valence-electron chi connectivity index (χ4n) is 2.75. The van der Waals surface area contributed by atoms with Crippen LogP contribution in [0.1, 0.15) is 25.3 Å². The quantitative estimate of drug-likeness (QED) is 0.922. The molecule has 2 unspecified atom stereocenters. The number of hydrogen-bond acceptors (Lipinski definition) is 2. The van der Waals surface area contributed by atoms with Gasteiger partial charge in [-0.2, -0.15) is 0 Å². The molecule has 2 atom stereocenters. The molecule has 0 spiro atoms. The lowest BCUT2D eigenvalue weighted by Crippen LogP contribution is -2.49. The van der Waals surface area contributed by atoms with Crippen LogP contribution in [-0.4, -0.2) is 29.9 Å². The van der Waals surface area contributed by atoms with Crippen LogP contribution in [0.25, 0.3) is 0 Å². The maximum absolute atomic E-state index is 13.6. The smallest absolute Gasteiger partial charge is 0.227 e. The Bertz CT molecular complexity index is 493. The van der Waals surface area contributed by atoms with Gasteiger partial charge in [0.25, 0.3) is 0 Å². The molecule has 1 aromatic rings. The summed E-state index contributed by atoms with van der Waals surface area (Å²) in [4.78, 5) is 14.0. The topological polar surface area (TPSA) is 46.3 Å². The van der Waals surface area contributed by atoms with Crippen molar-refractivity contribution in [3.63, 3.8) is 0 Å². The van der Waals surface area contributed by atoms with Gasteiger partial charge in [-0.25, -0.2) is 8.78 Å². The summed E-state index contributed by atoms with van der Waals surface area (Å²) in [6, 6.07) is 3.19. The maximum atomic E-state index is 13.6. The van der Waals surface area contributed by atoms with E-state index in [0.717, 1.165) is 31.0 Å². The van der Waals surface area contributed by atoms with Gasteiger partial charge in [0.2, 0.25) is 5.91 Å². The molecule has 1 aliphatic heterocycles. The normalized spacial score (nSPS) is 22.9. The summed E-state index contributed by atoms with van der Waals surface area (Å²) in [6.45, 7) is 3.18. The van der Waals surface area contributed by atoms with Crippen molar-refractivity contribution in [3.05, 3.63) is 35.4 Å². The zero-order valence-electron chi connectivity index (χ0n) is 11.6. The zero-order valence-corrected chi connectivity index (χ0v) is 11.6. The van der Waals surface area contributed by atoms with Gasteiger partial charge in [-0.3, -0.25) is 4.79 Å². The number of amides is 1. The Morgan fingerprint density at radius 1 is 1.45 bits per heavy atom. The van der Waals surface area contributed by atoms with E-state index in [2.05, 4.69) is 6.92 Å². The molecule has 3 nitrogen and oxygen atoms in total. The lowest BCUT2D eigenvalue weighted by molar-refractivity contribution is -0.134. The first-order chi connectivity index (χ1) is 9.51. The molecule has 1 saturated heterocycles. The number of piperidine rings is 1. The van der Waals surface area contributed by atoms with Crippen molar-refractivity contribution in [2.24, 2.45) is 11.7 Å². The number of likely N-dealkylation sites (tertiary alicyclic amines) is 1. The van der Waals surface area contributed by atoms with Crippen LogP contribution in [0.15, 0.2) is 18.2 Å². The number of carbonyl (C=O) groups excluding carboxylic acids is 1. The van der Waals surface area contributed by atoms with Gasteiger partial charge in [-0.05, 0) is 37.0 Å². The summed E-state index contributed by atoms with van der Waals surface area (Å²) >= 11 is 0. The molecule has 2 N–H and O–H groups in total. The Morgan fingerprint density at radius 2 is 2.20 bits per heavy atom. The highest BCUT2D eigenvalue weighted by atomic mass is 19.1. The van der Waals surface area contributed by atoms with Gasteiger partial charge < -0.3 is 10.6 Å². The molecule has 1 aromatic carbocycles. The number of halogens is 2. The van der Waals surface area contributed by atoms with E-state index in [1.54, 1.807) is 4.90 Å². The molecule has 1 amide bonds. The number of carbonyl (C=O) groups is 1. The van der Waals surface area contributed by atoms with Crippen LogP contribution >= 0.6 is 0 Å². The van der Waals surface area contributed by atoms with E-state index < -0.39 is 11.6 Å². The van der Waals surface area contributed by atoms with Crippen LogP contribution in [0.2, 0.25) is 0 Å². The molecule has 0 bridgehead atoms. The Kier molecular flexibility index (Phi) is 4.70. The van der Waals surface area contributed by atoms with Gasteiger partial charge in [0.05, 0.1) is 6.42 Å². The first-order valence-electron chi connectivity index (χ1n) is 6.94. The summed E-state index contributed by atoms with van der Waals surface area (Å²) < 4.78 is 26.7. The Balaban J connectivity index is 2.09. The molecule has 1 aliphatic rings. The first-order valence-corrected chi connectivity index (χ1v) is 6.94. The number of benzene rings is 1. The predicted octanol–water partition coefficient (Wildman–Crippen LogP) is 2.09. The molecule has 1 heterocycles. The van der Waals surface area contributed by atoms with Crippen LogP contribution < -0.4 is 5.73 Å². The lowest BCUT2D eigenvalue weighted by Gasteiger charge is -2.38. The largest absolute Gasteiger partial charge is 0.338 e. The zero-order chi connectivity index (χ0) is 14.7. The maximum Gasteiger partial charge on any atom is 0.227 e. The van der Waals surface area contributed by atoms with Crippen molar-refractivity contribution in [2.45, 2.75) is 32.2 Å². The van der Waals surface area contributed by atoms with Crippen LogP contribution in [0.5, 0.6) is 0 Å². The number of rotatable bonds is 3. The molecule has 0 aliphatic carbocycles. The Morgan fingerprint density at radius 3 is 2.90 bits per heavy atom. The van der Waals surface area contributed by atoms with Gasteiger partial charge in [0.1, 0.15) is 11.6 Å². The minimum atomic E-state index is -0.547. The van der Waals surface area contributed by atoms with Crippen LogP contribution in [-0.2, 0) is 11.2 Å². The highest BCUT2D eigenvalue weighted by molar-refractivity contribution is 5.79. The summed E-state index contributed by atoms with van der Waals surface area (Å²) in [6.07, 6.45) is 1.68. The average molecular weight is 282 g/mol. The van der Waals surface area contributed by atoms with Crippen molar-refractivity contribution in [3.8, 4) is 0 Å². The summed E-state index contributed by atoms with van der Waals surface area (Å²) in [5.74, 6) is -0.721. The van der Waals surface area contributed by atoms with E-state index in [1.165, 1.54) is 0 Å². The van der Waals surface area contributed by atoms with E-state index in [1.807, 2.05) is 0 Å². The lowest BCUT2D eigenvalue weighted by atomic mass is 9.92. The Labute approximate surface area is 117 Å². The second kappa shape index (κ2) is 6.31. The fraction of sp³-hybridized carbons (Fsp3) is 0.533. The molecule has 1 fully saturated rings. The molecule has 0 radical (unpaired) electrons. The van der Waals surface area contributed by atoms with Crippen molar-refractivity contribution >= 4 is 5.91 Å². The highest BCUT2D eigenvalue weighted by Crippen LogP contribution is 2.23. The van der Waals surface area contributed by atoms with E-state index in [4.69, 9.17) is 5.73 Å². The first kappa shape index (κ1) is 14.9. The van der Waals surface area contributed by atoms with Gasteiger partial charge >= 0.3 is 0 Å². The van der Waals surface area contributed by atoms with E-state index >= 15 is 0 Å². The number of hydrogen-bond donors (Lipinski definition) is 1. The van der Waals surface area contributed by atoms with Crippen LogP contribution in [0.3, 0.4) is 0 Å². The van der Waals surface area contributed by atoms with Gasteiger partial charge in [-0.1, -0.05) is 6.92 Å². The van der Waals surface area contributed by atoms with Gasteiger partial charge in [-0.15, -0.1) is 0 Å². The third-order valence-electron chi connectivity index (χ3n) is 3.92. The average Bonchev–Trinajstić information content (AvgIpc) is 2.42. The monoisotopic (exact) mass is 282 g/mol. The third-order valence-corrected chi connectivity index (χ3v) is 3.92. The molecule has 0 saturated carbocycles. The summed E-state index contributed by atoms with van der Waals surface area (Å²) in [5.41, 5.74) is 5.81. The molecule has 5 heteroatoms. The van der Waals surface area contributed by atoms with E-state index in [0.29, 0.717) is 19.0 Å². The highest BCUT2D eigenvalue weighted by Gasteiger charge is 2.29. The van der Waals surface area contributed by atoms with E-state index in [9.17, 15) is 13.6 Å². The van der Waals surface area contributed by atoms with Crippen LogP contribution in [0.4, 0.5) is 8.78 Å². The Hall–Kier alpha value is -1.49. The van der Waals surface area contributed by atoms with Gasteiger partial charge in [0.15, 0.2) is 0 Å². The molecule has 20 heavy (non-hydrogen) atoms. The predicted molar refractivity (Wildman–Crippen MR) is 73.0 cm³/mol. The molecular weight excluding hydrogens is 262 g/mol. The molecule has 2 rings (SSSR count). The van der Waals surface area contributed by atoms with Crippen molar-refractivity contribution < 1.29 is 13.6 Å². The van der Waals surface area contributed by atoms with E-state index in [-0.39, 0.29) is 23.9 Å². The minimum Gasteiger partial charge on any atom is -0.338 e. The fourth-order valence-corrected chi connectivity index (χ4v) is 2.75. The van der Waals surface area contributed by atoms with Crippen LogP contribution in [0, 0.1) is 17.6 Å². The SMILES string of the molecule is CC1CCN(C(=O)Cc2cc(F)ccc2F)C(CN)C1. The second-order valence-corrected chi connectivity index (χ2v) is 5.52. The summed E-state index contributed by atoms with van der Waals surface area (Å²) in [7, 11) is 0. The summed E-state index contributed by atoms with van der Waals surface area (Å²) in [5, 5.41) is 0. The number of nitrogens with zero attached hydrogens (tertiary/aromatic N) is 1. The molecule has 0 aromatic heterocycles. The third kappa shape index (κ3) is 3.33. The second-order valence-electron chi connectivity index (χ2n) is 5.52. The molecule has 110 valence electrons. The van der Waals surface area contributed by atoms with Gasteiger partial charge in [0, 0.05) is 24.7 Å². The minimum absolute atomic E-state index is 0.00266. The molecular formula is C15H20F2N2O. The van der Waals surface area contributed by atoms with Crippen molar-refractivity contribution in [1.29, 1.82) is 0 Å².